The Bertz CT molecular complexity index is 995. The number of anilines is 1. The standard InChI is InChI=1S/C23H33FN4O4Si/c1-15-22(31-2)18-13-17(28-11-8-21(28)30)5-6-19(18)32-23(15)20(33(3,4)24)7-10-27-14-16(9-12-29)25-26-27/h5-6,13-15,20,22-23,29H,7-12H2,1-4H3/t15-,20?,22-,23-/m0/s1. The third-order valence-corrected chi connectivity index (χ3v) is 9.26. The maximum absolute atomic E-state index is 15.6. The molecule has 1 aromatic carbocycles. The lowest BCUT2D eigenvalue weighted by Crippen LogP contribution is -2.46. The van der Waals surface area contributed by atoms with E-state index in [0.717, 1.165) is 23.5 Å². The highest BCUT2D eigenvalue weighted by atomic mass is 28.4. The van der Waals surface area contributed by atoms with Gasteiger partial charge in [0.25, 0.3) is 0 Å². The molecule has 2 aliphatic rings. The lowest BCUT2D eigenvalue weighted by Gasteiger charge is -2.43. The molecule has 1 unspecified atom stereocenters. The first-order valence-electron chi connectivity index (χ1n) is 11.6. The Hall–Kier alpha value is -2.30. The summed E-state index contributed by atoms with van der Waals surface area (Å²) in [5.74, 6) is 0.737. The Kier molecular flexibility index (Phi) is 6.87. The van der Waals surface area contributed by atoms with Crippen molar-refractivity contribution < 1.29 is 23.5 Å². The number of aryl methyl sites for hydroxylation is 1. The van der Waals surface area contributed by atoms with Crippen molar-refractivity contribution in [2.75, 3.05) is 25.2 Å². The summed E-state index contributed by atoms with van der Waals surface area (Å²) in [6, 6.07) is 5.74. The summed E-state index contributed by atoms with van der Waals surface area (Å²) < 4.78 is 29.7. The number of amides is 1. The zero-order valence-electron chi connectivity index (χ0n) is 19.7. The number of aliphatic hydroxyl groups excluding tert-OH is 1. The van der Waals surface area contributed by atoms with Gasteiger partial charge in [-0.25, -0.2) is 0 Å². The fourth-order valence-electron chi connectivity index (χ4n) is 4.97. The van der Waals surface area contributed by atoms with Gasteiger partial charge in [-0.15, -0.1) is 5.10 Å². The van der Waals surface area contributed by atoms with Crippen LogP contribution < -0.4 is 9.64 Å². The van der Waals surface area contributed by atoms with E-state index < -0.39 is 8.41 Å². The second-order valence-electron chi connectivity index (χ2n) is 9.52. The Morgan fingerprint density at radius 3 is 2.79 bits per heavy atom. The van der Waals surface area contributed by atoms with E-state index in [-0.39, 0.29) is 36.2 Å². The zero-order chi connectivity index (χ0) is 23.8. The summed E-state index contributed by atoms with van der Waals surface area (Å²) in [5.41, 5.74) is 2.20. The summed E-state index contributed by atoms with van der Waals surface area (Å²) in [5, 5.41) is 17.3. The van der Waals surface area contributed by atoms with E-state index in [2.05, 4.69) is 10.3 Å². The van der Waals surface area contributed by atoms with Gasteiger partial charge in [-0.2, -0.15) is 0 Å². The molecule has 1 saturated heterocycles. The van der Waals surface area contributed by atoms with E-state index >= 15 is 4.11 Å². The van der Waals surface area contributed by atoms with E-state index in [1.165, 1.54) is 0 Å². The largest absolute Gasteiger partial charge is 0.490 e. The highest BCUT2D eigenvalue weighted by molar-refractivity contribution is 6.72. The fourth-order valence-corrected chi connectivity index (χ4v) is 6.94. The van der Waals surface area contributed by atoms with E-state index in [0.29, 0.717) is 31.6 Å². The van der Waals surface area contributed by atoms with Crippen LogP contribution in [0.15, 0.2) is 24.4 Å². The normalized spacial score (nSPS) is 23.6. The molecule has 33 heavy (non-hydrogen) atoms. The molecule has 8 nitrogen and oxygen atoms in total. The SMILES string of the molecule is CO[C@@H]1c2cc(N3CCC3=O)ccc2O[C@H](C(CCn2cc(CCO)nn2)[Si](C)(C)F)[C@H]1C. The predicted molar refractivity (Wildman–Crippen MR) is 125 cm³/mol. The molecule has 2 aliphatic heterocycles. The number of methoxy groups -OCH3 is 1. The molecule has 2 aromatic rings. The average molecular weight is 477 g/mol. The van der Waals surface area contributed by atoms with Crippen molar-refractivity contribution in [3.05, 3.63) is 35.7 Å². The molecule has 0 aliphatic carbocycles. The van der Waals surface area contributed by atoms with Gasteiger partial charge < -0.3 is 23.6 Å². The minimum absolute atomic E-state index is 0.0185. The highest BCUT2D eigenvalue weighted by Crippen LogP contribution is 2.48. The van der Waals surface area contributed by atoms with Crippen LogP contribution in [-0.4, -0.2) is 60.8 Å². The number of ether oxygens (including phenoxy) is 2. The van der Waals surface area contributed by atoms with E-state index in [1.807, 2.05) is 25.1 Å². The summed E-state index contributed by atoms with van der Waals surface area (Å²) in [4.78, 5) is 13.7. The number of aromatic nitrogens is 3. The molecule has 0 saturated carbocycles. The van der Waals surface area contributed by atoms with Gasteiger partial charge in [-0.05, 0) is 37.7 Å². The average Bonchev–Trinajstić information content (AvgIpc) is 3.20. The molecule has 1 aromatic heterocycles. The minimum atomic E-state index is -3.11. The van der Waals surface area contributed by atoms with Crippen LogP contribution in [0.3, 0.4) is 0 Å². The number of hydrogen-bond acceptors (Lipinski definition) is 6. The lowest BCUT2D eigenvalue weighted by atomic mass is 9.86. The van der Waals surface area contributed by atoms with E-state index in [9.17, 15) is 4.79 Å². The van der Waals surface area contributed by atoms with Gasteiger partial charge in [-0.1, -0.05) is 12.1 Å². The van der Waals surface area contributed by atoms with Crippen molar-refractivity contribution in [1.82, 2.24) is 15.0 Å². The molecule has 3 heterocycles. The second kappa shape index (κ2) is 9.52. The summed E-state index contributed by atoms with van der Waals surface area (Å²) in [6.45, 7) is 6.76. The van der Waals surface area contributed by atoms with Crippen molar-refractivity contribution in [1.29, 1.82) is 0 Å². The predicted octanol–water partition coefficient (Wildman–Crippen LogP) is 3.27. The number of β-lactam (4-membered cyclic amide) rings is 1. The van der Waals surface area contributed by atoms with Gasteiger partial charge in [0.15, 0.2) is 0 Å². The number of fused-ring (bicyclic) bond motifs is 1. The molecule has 1 N–H and O–H groups in total. The van der Waals surface area contributed by atoms with Crippen molar-refractivity contribution >= 4 is 20.0 Å². The monoisotopic (exact) mass is 476 g/mol. The topological polar surface area (TPSA) is 89.7 Å². The Balaban J connectivity index is 1.57. The first-order chi connectivity index (χ1) is 15.7. The lowest BCUT2D eigenvalue weighted by molar-refractivity contribution is -0.122. The number of hydrogen-bond donors (Lipinski definition) is 1. The first-order valence-corrected chi connectivity index (χ1v) is 14.5. The number of carbonyl (C=O) groups excluding carboxylic acids is 1. The molecule has 4 atom stereocenters. The fraction of sp³-hybridized carbons (Fsp3) is 0.609. The van der Waals surface area contributed by atoms with Gasteiger partial charge in [0.2, 0.25) is 14.3 Å². The summed E-state index contributed by atoms with van der Waals surface area (Å²) >= 11 is 0. The first kappa shape index (κ1) is 23.8. The highest BCUT2D eigenvalue weighted by Gasteiger charge is 2.47. The van der Waals surface area contributed by atoms with Crippen LogP contribution in [0.1, 0.15) is 37.1 Å². The number of rotatable bonds is 9. The number of nitrogens with zero attached hydrogens (tertiary/aromatic N) is 4. The minimum Gasteiger partial charge on any atom is -0.490 e. The maximum atomic E-state index is 15.6. The molecule has 0 spiro atoms. The molecule has 0 radical (unpaired) electrons. The number of carbonyl (C=O) groups is 1. The van der Waals surface area contributed by atoms with E-state index in [4.69, 9.17) is 14.6 Å². The number of benzene rings is 1. The molecular weight excluding hydrogens is 443 g/mol. The molecule has 180 valence electrons. The number of aliphatic hydroxyl groups is 1. The third kappa shape index (κ3) is 4.83. The Labute approximate surface area is 194 Å². The smallest absolute Gasteiger partial charge is 0.247 e. The van der Waals surface area contributed by atoms with Gasteiger partial charge in [0, 0.05) is 68.6 Å². The Morgan fingerprint density at radius 2 is 2.18 bits per heavy atom. The second-order valence-corrected chi connectivity index (χ2v) is 13.4. The third-order valence-electron chi connectivity index (χ3n) is 6.88. The van der Waals surface area contributed by atoms with Crippen LogP contribution >= 0.6 is 0 Å². The molecule has 0 bridgehead atoms. The molecule has 1 amide bonds. The van der Waals surface area contributed by atoms with Crippen LogP contribution in [-0.2, 0) is 22.5 Å². The Morgan fingerprint density at radius 1 is 1.39 bits per heavy atom. The van der Waals surface area contributed by atoms with Gasteiger partial charge >= 0.3 is 0 Å². The van der Waals surface area contributed by atoms with Crippen LogP contribution in [0, 0.1) is 5.92 Å². The summed E-state index contributed by atoms with van der Waals surface area (Å²) in [6.07, 6.45) is 2.80. The molecule has 4 rings (SSSR count). The molecular formula is C23H33FN4O4Si. The van der Waals surface area contributed by atoms with Crippen molar-refractivity contribution in [3.63, 3.8) is 0 Å². The summed E-state index contributed by atoms with van der Waals surface area (Å²) in [7, 11) is -1.44. The zero-order valence-corrected chi connectivity index (χ0v) is 20.7. The number of halogens is 1. The van der Waals surface area contributed by atoms with Crippen LogP contribution in [0.5, 0.6) is 5.75 Å². The van der Waals surface area contributed by atoms with Crippen molar-refractivity contribution in [2.24, 2.45) is 5.92 Å². The van der Waals surface area contributed by atoms with Crippen LogP contribution in [0.2, 0.25) is 18.6 Å². The van der Waals surface area contributed by atoms with E-state index in [1.54, 1.807) is 36.0 Å². The quantitative estimate of drug-likeness (QED) is 0.339. The maximum Gasteiger partial charge on any atom is 0.247 e. The van der Waals surface area contributed by atoms with Gasteiger partial charge in [-0.3, -0.25) is 9.48 Å². The van der Waals surface area contributed by atoms with Crippen molar-refractivity contribution in [3.8, 4) is 5.75 Å². The van der Waals surface area contributed by atoms with Gasteiger partial charge in [0.05, 0.1) is 11.8 Å². The molecule has 10 heteroatoms. The molecule has 1 fully saturated rings. The van der Waals surface area contributed by atoms with Crippen molar-refractivity contribution in [2.45, 2.75) is 63.6 Å². The van der Waals surface area contributed by atoms with Crippen LogP contribution in [0.4, 0.5) is 9.80 Å². The van der Waals surface area contributed by atoms with Crippen LogP contribution in [0.25, 0.3) is 0 Å². The van der Waals surface area contributed by atoms with Gasteiger partial charge in [0.1, 0.15) is 11.9 Å².